The monoisotopic (exact) mass is 230 g/mol. The average Bonchev–Trinajstić information content (AvgIpc) is 2.67. The molecule has 2 rings (SSSR count). The van der Waals surface area contributed by atoms with Crippen LogP contribution in [0.4, 0.5) is 0 Å². The van der Waals surface area contributed by atoms with E-state index in [1.165, 1.54) is 11.1 Å². The fraction of sp³-hybridized carbons (Fsp3) is 0.385. The highest BCUT2D eigenvalue weighted by atomic mass is 15.1. The summed E-state index contributed by atoms with van der Waals surface area (Å²) in [5, 5.41) is 10.7. The standard InChI is InChI=1S/C13H18N4/c1-9(12-4-6-14-7-5-12)15-8-13-10(2)16-17-11(13)3/h4-7,9,15H,8H2,1-3H3,(H,16,17)/t9-/m0/s1. The van der Waals surface area contributed by atoms with Gasteiger partial charge in [0, 0.05) is 36.2 Å². The SMILES string of the molecule is Cc1n[nH]c(C)c1CN[C@@H](C)c1ccncc1. The topological polar surface area (TPSA) is 53.6 Å². The number of aromatic nitrogens is 3. The minimum Gasteiger partial charge on any atom is -0.306 e. The van der Waals surface area contributed by atoms with Crippen LogP contribution in [0.2, 0.25) is 0 Å². The summed E-state index contributed by atoms with van der Waals surface area (Å²) in [6.07, 6.45) is 3.64. The van der Waals surface area contributed by atoms with Gasteiger partial charge in [-0.2, -0.15) is 5.10 Å². The van der Waals surface area contributed by atoms with Crippen molar-refractivity contribution in [2.45, 2.75) is 33.4 Å². The minimum atomic E-state index is 0.312. The van der Waals surface area contributed by atoms with Crippen molar-refractivity contribution in [1.82, 2.24) is 20.5 Å². The number of aromatic amines is 1. The molecule has 90 valence electrons. The number of hydrogen-bond acceptors (Lipinski definition) is 3. The average molecular weight is 230 g/mol. The van der Waals surface area contributed by atoms with Crippen LogP contribution in [-0.2, 0) is 6.54 Å². The number of nitrogens with zero attached hydrogens (tertiary/aromatic N) is 2. The second-order valence-electron chi connectivity index (χ2n) is 4.30. The predicted molar refractivity (Wildman–Crippen MR) is 67.6 cm³/mol. The van der Waals surface area contributed by atoms with Gasteiger partial charge in [-0.1, -0.05) is 0 Å². The highest BCUT2D eigenvalue weighted by Gasteiger charge is 2.09. The molecule has 0 saturated heterocycles. The van der Waals surface area contributed by atoms with E-state index in [2.05, 4.69) is 27.4 Å². The molecule has 1 atom stereocenters. The van der Waals surface area contributed by atoms with E-state index in [1.54, 1.807) is 0 Å². The molecule has 0 bridgehead atoms. The first kappa shape index (κ1) is 11.8. The molecule has 0 amide bonds. The lowest BCUT2D eigenvalue weighted by Gasteiger charge is -2.14. The number of aryl methyl sites for hydroxylation is 2. The molecule has 0 fully saturated rings. The number of pyridine rings is 1. The quantitative estimate of drug-likeness (QED) is 0.847. The zero-order valence-corrected chi connectivity index (χ0v) is 10.5. The minimum absolute atomic E-state index is 0.312. The maximum Gasteiger partial charge on any atom is 0.0638 e. The Labute approximate surface area is 101 Å². The highest BCUT2D eigenvalue weighted by Crippen LogP contribution is 2.14. The molecule has 0 saturated carbocycles. The first-order valence-corrected chi connectivity index (χ1v) is 5.82. The summed E-state index contributed by atoms with van der Waals surface area (Å²) < 4.78 is 0. The summed E-state index contributed by atoms with van der Waals surface area (Å²) in [5.74, 6) is 0. The summed E-state index contributed by atoms with van der Waals surface area (Å²) in [5.41, 5.74) is 4.71. The Kier molecular flexibility index (Phi) is 3.54. The van der Waals surface area contributed by atoms with Crippen LogP contribution in [0.15, 0.2) is 24.5 Å². The third-order valence-electron chi connectivity index (χ3n) is 3.07. The van der Waals surface area contributed by atoms with Gasteiger partial charge in [0.2, 0.25) is 0 Å². The Morgan fingerprint density at radius 1 is 1.29 bits per heavy atom. The van der Waals surface area contributed by atoms with E-state index in [0.717, 1.165) is 17.9 Å². The molecule has 2 heterocycles. The van der Waals surface area contributed by atoms with Crippen molar-refractivity contribution in [1.29, 1.82) is 0 Å². The molecular weight excluding hydrogens is 212 g/mol. The van der Waals surface area contributed by atoms with Crippen LogP contribution < -0.4 is 5.32 Å². The Bertz CT molecular complexity index is 456. The van der Waals surface area contributed by atoms with Crippen LogP contribution in [-0.4, -0.2) is 15.2 Å². The van der Waals surface area contributed by atoms with Gasteiger partial charge < -0.3 is 5.32 Å². The van der Waals surface area contributed by atoms with Crippen LogP contribution in [0.5, 0.6) is 0 Å². The Hall–Kier alpha value is -1.68. The zero-order chi connectivity index (χ0) is 12.3. The first-order chi connectivity index (χ1) is 8.18. The van der Waals surface area contributed by atoms with Crippen LogP contribution in [0.25, 0.3) is 0 Å². The molecular formula is C13H18N4. The van der Waals surface area contributed by atoms with E-state index in [4.69, 9.17) is 0 Å². The van der Waals surface area contributed by atoms with E-state index in [1.807, 2.05) is 38.4 Å². The molecule has 17 heavy (non-hydrogen) atoms. The third kappa shape index (κ3) is 2.71. The van der Waals surface area contributed by atoms with E-state index in [9.17, 15) is 0 Å². The van der Waals surface area contributed by atoms with E-state index >= 15 is 0 Å². The van der Waals surface area contributed by atoms with Gasteiger partial charge in [-0.25, -0.2) is 0 Å². The zero-order valence-electron chi connectivity index (χ0n) is 10.5. The second kappa shape index (κ2) is 5.10. The fourth-order valence-corrected chi connectivity index (χ4v) is 1.86. The van der Waals surface area contributed by atoms with Crippen molar-refractivity contribution < 1.29 is 0 Å². The van der Waals surface area contributed by atoms with Crippen LogP contribution >= 0.6 is 0 Å². The third-order valence-corrected chi connectivity index (χ3v) is 3.07. The smallest absolute Gasteiger partial charge is 0.0638 e. The summed E-state index contributed by atoms with van der Waals surface area (Å²) >= 11 is 0. The van der Waals surface area contributed by atoms with Crippen LogP contribution in [0.3, 0.4) is 0 Å². The summed E-state index contributed by atoms with van der Waals surface area (Å²) in [7, 11) is 0. The Morgan fingerprint density at radius 2 is 2.00 bits per heavy atom. The molecule has 2 aromatic rings. The van der Waals surface area contributed by atoms with Gasteiger partial charge in [0.05, 0.1) is 5.69 Å². The van der Waals surface area contributed by atoms with Gasteiger partial charge in [-0.3, -0.25) is 10.1 Å². The summed E-state index contributed by atoms with van der Waals surface area (Å²) in [6.45, 7) is 7.06. The predicted octanol–water partition coefficient (Wildman–Crippen LogP) is 2.27. The molecule has 0 aromatic carbocycles. The molecule has 4 nitrogen and oxygen atoms in total. The van der Waals surface area contributed by atoms with Crippen molar-refractivity contribution in [2.75, 3.05) is 0 Å². The lowest BCUT2D eigenvalue weighted by molar-refractivity contribution is 0.571. The van der Waals surface area contributed by atoms with Crippen LogP contribution in [0, 0.1) is 13.8 Å². The molecule has 0 aliphatic rings. The summed E-state index contributed by atoms with van der Waals surface area (Å²) in [6, 6.07) is 4.38. The largest absolute Gasteiger partial charge is 0.306 e. The molecule has 0 unspecified atom stereocenters. The normalized spacial score (nSPS) is 12.6. The lowest BCUT2D eigenvalue weighted by Crippen LogP contribution is -2.18. The van der Waals surface area contributed by atoms with E-state index < -0.39 is 0 Å². The van der Waals surface area contributed by atoms with E-state index in [0.29, 0.717) is 6.04 Å². The second-order valence-corrected chi connectivity index (χ2v) is 4.30. The summed E-state index contributed by atoms with van der Waals surface area (Å²) in [4.78, 5) is 4.02. The molecule has 4 heteroatoms. The molecule has 0 radical (unpaired) electrons. The molecule has 2 aromatic heterocycles. The highest BCUT2D eigenvalue weighted by molar-refractivity contribution is 5.23. The number of rotatable bonds is 4. The fourth-order valence-electron chi connectivity index (χ4n) is 1.86. The van der Waals surface area contributed by atoms with E-state index in [-0.39, 0.29) is 0 Å². The van der Waals surface area contributed by atoms with Crippen molar-refractivity contribution in [2.24, 2.45) is 0 Å². The number of hydrogen-bond donors (Lipinski definition) is 2. The molecule has 0 spiro atoms. The van der Waals surface area contributed by atoms with Gasteiger partial charge >= 0.3 is 0 Å². The van der Waals surface area contributed by atoms with Gasteiger partial charge in [-0.05, 0) is 38.5 Å². The van der Waals surface area contributed by atoms with Crippen molar-refractivity contribution in [3.05, 3.63) is 47.0 Å². The number of nitrogens with one attached hydrogen (secondary N) is 2. The van der Waals surface area contributed by atoms with Crippen molar-refractivity contribution in [3.8, 4) is 0 Å². The first-order valence-electron chi connectivity index (χ1n) is 5.82. The van der Waals surface area contributed by atoms with Gasteiger partial charge in [-0.15, -0.1) is 0 Å². The van der Waals surface area contributed by atoms with Gasteiger partial charge in [0.1, 0.15) is 0 Å². The molecule has 2 N–H and O–H groups in total. The molecule has 0 aliphatic heterocycles. The van der Waals surface area contributed by atoms with Gasteiger partial charge in [0.25, 0.3) is 0 Å². The maximum atomic E-state index is 4.19. The lowest BCUT2D eigenvalue weighted by atomic mass is 10.1. The number of H-pyrrole nitrogens is 1. The Morgan fingerprint density at radius 3 is 2.59 bits per heavy atom. The van der Waals surface area contributed by atoms with Gasteiger partial charge in [0.15, 0.2) is 0 Å². The van der Waals surface area contributed by atoms with Crippen molar-refractivity contribution >= 4 is 0 Å². The van der Waals surface area contributed by atoms with Crippen LogP contribution in [0.1, 0.15) is 35.5 Å². The Balaban J connectivity index is 1.99. The maximum absolute atomic E-state index is 4.19. The van der Waals surface area contributed by atoms with Crippen molar-refractivity contribution in [3.63, 3.8) is 0 Å². The molecule has 0 aliphatic carbocycles.